The number of nitrogens with zero attached hydrogens (tertiary/aromatic N) is 1. The van der Waals surface area contributed by atoms with E-state index in [2.05, 4.69) is 6.92 Å². The lowest BCUT2D eigenvalue weighted by atomic mass is 10.2. The number of carboxylic acids is 1. The second kappa shape index (κ2) is 7.00. The van der Waals surface area contributed by atoms with Crippen LogP contribution in [0.2, 0.25) is 0 Å². The number of non-ortho nitro benzene ring substituents is 1. The summed E-state index contributed by atoms with van der Waals surface area (Å²) in [5.74, 6) is -0.280. The molecule has 0 amide bonds. The van der Waals surface area contributed by atoms with Crippen LogP contribution in [0.5, 0.6) is 0 Å². The fourth-order valence-corrected chi connectivity index (χ4v) is 2.54. The van der Waals surface area contributed by atoms with Gasteiger partial charge in [0.05, 0.1) is 10.5 Å². The van der Waals surface area contributed by atoms with Gasteiger partial charge < -0.3 is 5.11 Å². The van der Waals surface area contributed by atoms with E-state index in [1.165, 1.54) is 30.0 Å². The lowest BCUT2D eigenvalue weighted by Crippen LogP contribution is -2.00. The molecule has 0 aliphatic carbocycles. The van der Waals surface area contributed by atoms with Crippen LogP contribution in [-0.4, -0.2) is 21.8 Å². The van der Waals surface area contributed by atoms with Gasteiger partial charge in [-0.2, -0.15) is 0 Å². The molecule has 1 N–H and O–H groups in total. The monoisotopic (exact) mass is 269 g/mol. The number of carboxylic acid groups (broad SMARTS) is 1. The van der Waals surface area contributed by atoms with Crippen molar-refractivity contribution in [1.29, 1.82) is 0 Å². The third-order valence-corrected chi connectivity index (χ3v) is 3.55. The largest absolute Gasteiger partial charge is 0.478 e. The highest BCUT2D eigenvalue weighted by atomic mass is 32.2. The maximum atomic E-state index is 11.0. The predicted octanol–water partition coefficient (Wildman–Crippen LogP) is 3.58. The van der Waals surface area contributed by atoms with Crippen LogP contribution in [-0.2, 0) is 0 Å². The van der Waals surface area contributed by atoms with Crippen molar-refractivity contribution in [2.75, 3.05) is 5.75 Å². The maximum absolute atomic E-state index is 11.0. The van der Waals surface area contributed by atoms with Crippen LogP contribution < -0.4 is 0 Å². The number of nitro groups is 1. The van der Waals surface area contributed by atoms with Crippen LogP contribution in [0.25, 0.3) is 0 Å². The second-order valence-electron chi connectivity index (χ2n) is 3.80. The topological polar surface area (TPSA) is 80.4 Å². The average molecular weight is 269 g/mol. The summed E-state index contributed by atoms with van der Waals surface area (Å²) in [6.07, 6.45) is 3.13. The van der Waals surface area contributed by atoms with Crippen molar-refractivity contribution in [2.45, 2.75) is 31.1 Å². The summed E-state index contributed by atoms with van der Waals surface area (Å²) < 4.78 is 0. The molecule has 1 rings (SSSR count). The van der Waals surface area contributed by atoms with Gasteiger partial charge in [-0.25, -0.2) is 4.79 Å². The fourth-order valence-electron chi connectivity index (χ4n) is 1.45. The van der Waals surface area contributed by atoms with E-state index in [-0.39, 0.29) is 11.3 Å². The highest BCUT2D eigenvalue weighted by Crippen LogP contribution is 2.28. The van der Waals surface area contributed by atoms with E-state index in [4.69, 9.17) is 5.11 Å². The summed E-state index contributed by atoms with van der Waals surface area (Å²) >= 11 is 1.36. The molecule has 6 heteroatoms. The Bertz CT molecular complexity index is 448. The van der Waals surface area contributed by atoms with Gasteiger partial charge in [-0.3, -0.25) is 10.1 Å². The highest BCUT2D eigenvalue weighted by Gasteiger charge is 2.15. The molecular formula is C12H15NO4S. The van der Waals surface area contributed by atoms with E-state index in [1.807, 2.05) is 0 Å². The summed E-state index contributed by atoms with van der Waals surface area (Å²) in [7, 11) is 0. The molecule has 0 saturated carbocycles. The molecule has 1 aromatic carbocycles. The van der Waals surface area contributed by atoms with Crippen molar-refractivity contribution < 1.29 is 14.8 Å². The number of benzene rings is 1. The molecule has 0 spiro atoms. The Morgan fingerprint density at radius 3 is 2.72 bits per heavy atom. The van der Waals surface area contributed by atoms with Gasteiger partial charge in [-0.1, -0.05) is 19.8 Å². The quantitative estimate of drug-likeness (QED) is 0.354. The van der Waals surface area contributed by atoms with Crippen LogP contribution in [0.15, 0.2) is 23.1 Å². The van der Waals surface area contributed by atoms with Crippen molar-refractivity contribution in [3.05, 3.63) is 33.9 Å². The molecule has 0 aliphatic heterocycles. The van der Waals surface area contributed by atoms with Crippen molar-refractivity contribution in [2.24, 2.45) is 0 Å². The van der Waals surface area contributed by atoms with Gasteiger partial charge in [0.15, 0.2) is 0 Å². The minimum absolute atomic E-state index is 0.0713. The van der Waals surface area contributed by atoms with Crippen LogP contribution in [0.4, 0.5) is 5.69 Å². The molecule has 0 heterocycles. The van der Waals surface area contributed by atoms with Gasteiger partial charge in [0, 0.05) is 17.0 Å². The van der Waals surface area contributed by atoms with Crippen molar-refractivity contribution >= 4 is 23.4 Å². The number of carbonyl (C=O) groups is 1. The smallest absolute Gasteiger partial charge is 0.336 e. The molecule has 0 fully saturated rings. The molecule has 0 unspecified atom stereocenters. The third-order valence-electron chi connectivity index (χ3n) is 2.41. The highest BCUT2D eigenvalue weighted by molar-refractivity contribution is 7.99. The summed E-state index contributed by atoms with van der Waals surface area (Å²) in [6, 6.07) is 3.85. The first kappa shape index (κ1) is 14.5. The number of hydrogen-bond donors (Lipinski definition) is 1. The van der Waals surface area contributed by atoms with Gasteiger partial charge in [0.25, 0.3) is 5.69 Å². The van der Waals surface area contributed by atoms with Crippen molar-refractivity contribution in [3.8, 4) is 0 Å². The summed E-state index contributed by atoms with van der Waals surface area (Å²) in [4.78, 5) is 21.6. The first-order valence-corrected chi connectivity index (χ1v) is 6.69. The Labute approximate surface area is 109 Å². The lowest BCUT2D eigenvalue weighted by molar-refractivity contribution is -0.385. The zero-order valence-electron chi connectivity index (χ0n) is 10.1. The van der Waals surface area contributed by atoms with E-state index in [0.29, 0.717) is 4.90 Å². The minimum atomic E-state index is -1.05. The Morgan fingerprint density at radius 1 is 1.44 bits per heavy atom. The fraction of sp³-hybridized carbons (Fsp3) is 0.417. The Balaban J connectivity index is 2.86. The van der Waals surface area contributed by atoms with E-state index < -0.39 is 10.9 Å². The van der Waals surface area contributed by atoms with Gasteiger partial charge in [-0.05, 0) is 18.2 Å². The molecule has 0 aliphatic rings. The first-order valence-electron chi connectivity index (χ1n) is 5.70. The Kier molecular flexibility index (Phi) is 5.64. The standard InChI is InChI=1S/C12H15NO4S/c1-2-3-4-7-18-11-8-9(13(16)17)5-6-10(11)12(14)15/h5-6,8H,2-4,7H2,1H3,(H,14,15). The molecule has 0 aromatic heterocycles. The zero-order chi connectivity index (χ0) is 13.5. The van der Waals surface area contributed by atoms with Crippen LogP contribution in [0.1, 0.15) is 36.5 Å². The summed E-state index contributed by atoms with van der Waals surface area (Å²) in [6.45, 7) is 2.08. The summed E-state index contributed by atoms with van der Waals surface area (Å²) in [5, 5.41) is 19.7. The molecule has 5 nitrogen and oxygen atoms in total. The van der Waals surface area contributed by atoms with Gasteiger partial charge >= 0.3 is 5.97 Å². The van der Waals surface area contributed by atoms with Gasteiger partial charge in [0.2, 0.25) is 0 Å². The molecule has 0 saturated heterocycles. The predicted molar refractivity (Wildman–Crippen MR) is 70.3 cm³/mol. The van der Waals surface area contributed by atoms with Crippen LogP contribution >= 0.6 is 11.8 Å². The van der Waals surface area contributed by atoms with Gasteiger partial charge in [-0.15, -0.1) is 11.8 Å². The number of hydrogen-bond acceptors (Lipinski definition) is 4. The van der Waals surface area contributed by atoms with E-state index in [1.54, 1.807) is 0 Å². The molecule has 98 valence electrons. The third kappa shape index (κ3) is 4.03. The SMILES string of the molecule is CCCCCSc1cc([N+](=O)[O-])ccc1C(=O)O. The normalized spacial score (nSPS) is 10.3. The molecular weight excluding hydrogens is 254 g/mol. The zero-order valence-corrected chi connectivity index (χ0v) is 10.9. The number of aromatic carboxylic acids is 1. The number of thioether (sulfide) groups is 1. The van der Waals surface area contributed by atoms with E-state index in [0.717, 1.165) is 25.0 Å². The van der Waals surface area contributed by atoms with Gasteiger partial charge in [0.1, 0.15) is 0 Å². The van der Waals surface area contributed by atoms with Crippen LogP contribution in [0, 0.1) is 10.1 Å². The second-order valence-corrected chi connectivity index (χ2v) is 4.94. The Hall–Kier alpha value is -1.56. The van der Waals surface area contributed by atoms with E-state index >= 15 is 0 Å². The van der Waals surface area contributed by atoms with Crippen LogP contribution in [0.3, 0.4) is 0 Å². The van der Waals surface area contributed by atoms with E-state index in [9.17, 15) is 14.9 Å². The molecule has 0 bridgehead atoms. The molecule has 0 atom stereocenters. The average Bonchev–Trinajstić information content (AvgIpc) is 2.34. The first-order chi connectivity index (χ1) is 8.56. The van der Waals surface area contributed by atoms with Crippen molar-refractivity contribution in [1.82, 2.24) is 0 Å². The number of nitro benzene ring substituents is 1. The maximum Gasteiger partial charge on any atom is 0.336 e. The number of unbranched alkanes of at least 4 members (excludes halogenated alkanes) is 2. The molecule has 1 aromatic rings. The minimum Gasteiger partial charge on any atom is -0.478 e. The lowest BCUT2D eigenvalue weighted by Gasteiger charge is -2.05. The number of rotatable bonds is 7. The van der Waals surface area contributed by atoms with Crippen molar-refractivity contribution in [3.63, 3.8) is 0 Å². The molecule has 0 radical (unpaired) electrons. The summed E-state index contributed by atoms with van der Waals surface area (Å²) in [5.41, 5.74) is 0.0556. The molecule has 18 heavy (non-hydrogen) atoms. The Morgan fingerprint density at radius 2 is 2.17 bits per heavy atom.